The molecule has 0 unspecified atom stereocenters. The van der Waals surface area contributed by atoms with Crippen molar-refractivity contribution in [2.24, 2.45) is 0 Å². The van der Waals surface area contributed by atoms with Crippen LogP contribution in [0, 0.1) is 0 Å². The van der Waals surface area contributed by atoms with Gasteiger partial charge in [0.15, 0.2) is 5.75 Å². The van der Waals surface area contributed by atoms with Crippen molar-refractivity contribution in [3.05, 3.63) is 57.5 Å². The zero-order chi connectivity index (χ0) is 19.6. The lowest BCUT2D eigenvalue weighted by molar-refractivity contribution is 0.131. The topological polar surface area (TPSA) is 82.8 Å². The molecule has 0 bridgehead atoms. The second kappa shape index (κ2) is 8.02. The molecule has 1 N–H and O–H groups in total. The van der Waals surface area contributed by atoms with Crippen LogP contribution in [-0.2, 0) is 16.6 Å². The number of benzene rings is 1. The Labute approximate surface area is 163 Å². The summed E-state index contributed by atoms with van der Waals surface area (Å²) < 4.78 is 26.0. The summed E-state index contributed by atoms with van der Waals surface area (Å²) in [7, 11) is -4.19. The summed E-state index contributed by atoms with van der Waals surface area (Å²) in [6, 6.07) is 7.35. The van der Waals surface area contributed by atoms with Crippen molar-refractivity contribution in [2.45, 2.75) is 18.4 Å². The van der Waals surface area contributed by atoms with Gasteiger partial charge in [-0.15, -0.1) is 0 Å². The summed E-state index contributed by atoms with van der Waals surface area (Å²) in [5.41, 5.74) is -0.560. The molecule has 1 aromatic heterocycles. The number of hydrogen-bond acceptors (Lipinski definition) is 6. The maximum Gasteiger partial charge on any atom is 0.306 e. The summed E-state index contributed by atoms with van der Waals surface area (Å²) in [5, 5.41) is 10.3. The summed E-state index contributed by atoms with van der Waals surface area (Å²) in [5.74, 6) is -0.550. The first-order valence-electron chi connectivity index (χ1n) is 8.73. The van der Waals surface area contributed by atoms with Crippen molar-refractivity contribution in [3.8, 4) is 5.75 Å². The average molecular weight is 412 g/mol. The minimum atomic E-state index is -4.19. The Balaban J connectivity index is 1.88. The molecular formula is C18H22ClN3O4S. The number of pyridine rings is 1. The third-order valence-corrected chi connectivity index (χ3v) is 6.96. The fraction of sp³-hybridized carbons (Fsp3) is 0.389. The van der Waals surface area contributed by atoms with E-state index in [1.807, 2.05) is 0 Å². The van der Waals surface area contributed by atoms with E-state index in [9.17, 15) is 18.3 Å². The van der Waals surface area contributed by atoms with Crippen LogP contribution in [0.25, 0.3) is 0 Å². The number of nitrogens with zero attached hydrogens (tertiary/aromatic N) is 3. The number of piperazine rings is 1. The SMILES string of the molecule is CCN1CCN(Cc2ccn(S(=O)(=O)c3ccccc3Cl)c(=O)c2O)CC1. The van der Waals surface area contributed by atoms with Crippen LogP contribution in [0.2, 0.25) is 5.02 Å². The molecule has 0 aliphatic carbocycles. The molecular weight excluding hydrogens is 390 g/mol. The first kappa shape index (κ1) is 19.9. The predicted octanol–water partition coefficient (Wildman–Crippen LogP) is 1.58. The van der Waals surface area contributed by atoms with E-state index in [1.54, 1.807) is 6.07 Å². The van der Waals surface area contributed by atoms with Crippen molar-refractivity contribution >= 4 is 21.6 Å². The molecule has 0 spiro atoms. The molecule has 9 heteroatoms. The molecule has 7 nitrogen and oxygen atoms in total. The summed E-state index contributed by atoms with van der Waals surface area (Å²) in [6.45, 7) is 7.01. The van der Waals surface area contributed by atoms with E-state index >= 15 is 0 Å². The van der Waals surface area contributed by atoms with Crippen LogP contribution in [0.1, 0.15) is 12.5 Å². The second-order valence-corrected chi connectivity index (χ2v) is 8.63. The fourth-order valence-electron chi connectivity index (χ4n) is 3.13. The number of aromatic nitrogens is 1. The predicted molar refractivity (Wildman–Crippen MR) is 104 cm³/mol. The molecule has 3 rings (SSSR count). The molecule has 0 amide bonds. The number of halogens is 1. The van der Waals surface area contributed by atoms with E-state index in [2.05, 4.69) is 16.7 Å². The zero-order valence-corrected chi connectivity index (χ0v) is 16.6. The molecule has 1 aliphatic heterocycles. The smallest absolute Gasteiger partial charge is 0.306 e. The third kappa shape index (κ3) is 4.03. The first-order chi connectivity index (χ1) is 12.8. The van der Waals surface area contributed by atoms with Gasteiger partial charge in [-0.25, -0.2) is 12.4 Å². The minimum absolute atomic E-state index is 0.0155. The minimum Gasteiger partial charge on any atom is -0.503 e. The van der Waals surface area contributed by atoms with Gasteiger partial charge < -0.3 is 10.0 Å². The molecule has 0 radical (unpaired) electrons. The maximum absolute atomic E-state index is 12.7. The highest BCUT2D eigenvalue weighted by molar-refractivity contribution is 7.90. The lowest BCUT2D eigenvalue weighted by atomic mass is 10.2. The van der Waals surface area contributed by atoms with Gasteiger partial charge in [0.05, 0.1) is 5.02 Å². The van der Waals surface area contributed by atoms with Crippen LogP contribution in [0.15, 0.2) is 46.2 Å². The Bertz CT molecular complexity index is 982. The Hall–Kier alpha value is -1.87. The molecule has 2 heterocycles. The van der Waals surface area contributed by atoms with Gasteiger partial charge in [-0.3, -0.25) is 9.69 Å². The molecule has 146 valence electrons. The van der Waals surface area contributed by atoms with Crippen LogP contribution in [-0.4, -0.2) is 60.0 Å². The first-order valence-corrected chi connectivity index (χ1v) is 10.5. The van der Waals surface area contributed by atoms with E-state index < -0.39 is 21.3 Å². The van der Waals surface area contributed by atoms with Gasteiger partial charge in [0, 0.05) is 44.5 Å². The highest BCUT2D eigenvalue weighted by Gasteiger charge is 2.24. The second-order valence-electron chi connectivity index (χ2n) is 6.44. The number of rotatable bonds is 5. The van der Waals surface area contributed by atoms with Crippen LogP contribution < -0.4 is 5.56 Å². The molecule has 0 saturated carbocycles. The molecule has 1 aromatic carbocycles. The quantitative estimate of drug-likeness (QED) is 0.804. The van der Waals surface area contributed by atoms with Crippen molar-refractivity contribution < 1.29 is 13.5 Å². The normalized spacial score (nSPS) is 16.5. The summed E-state index contributed by atoms with van der Waals surface area (Å²) in [6.07, 6.45) is 1.18. The molecule has 1 fully saturated rings. The summed E-state index contributed by atoms with van der Waals surface area (Å²) in [4.78, 5) is 16.8. The van der Waals surface area contributed by atoms with Crippen molar-refractivity contribution in [1.29, 1.82) is 0 Å². The van der Waals surface area contributed by atoms with E-state index in [1.165, 1.54) is 30.5 Å². The monoisotopic (exact) mass is 411 g/mol. The van der Waals surface area contributed by atoms with E-state index in [0.717, 1.165) is 32.7 Å². The summed E-state index contributed by atoms with van der Waals surface area (Å²) >= 11 is 5.97. The van der Waals surface area contributed by atoms with Crippen LogP contribution in [0.3, 0.4) is 0 Å². The zero-order valence-electron chi connectivity index (χ0n) is 15.0. The van der Waals surface area contributed by atoms with Gasteiger partial charge in [-0.2, -0.15) is 0 Å². The van der Waals surface area contributed by atoms with E-state index in [0.29, 0.717) is 16.1 Å². The molecule has 0 atom stereocenters. The third-order valence-electron chi connectivity index (χ3n) is 4.80. The fourth-order valence-corrected chi connectivity index (χ4v) is 4.86. The highest BCUT2D eigenvalue weighted by Crippen LogP contribution is 2.23. The molecule has 2 aromatic rings. The maximum atomic E-state index is 12.7. The Morgan fingerprint density at radius 1 is 1.07 bits per heavy atom. The highest BCUT2D eigenvalue weighted by atomic mass is 35.5. The Morgan fingerprint density at radius 2 is 1.70 bits per heavy atom. The van der Waals surface area contributed by atoms with Gasteiger partial charge >= 0.3 is 5.56 Å². The number of aromatic hydroxyl groups is 1. The average Bonchev–Trinajstić information content (AvgIpc) is 2.66. The van der Waals surface area contributed by atoms with Crippen LogP contribution >= 0.6 is 11.6 Å². The number of hydrogen-bond donors (Lipinski definition) is 1. The van der Waals surface area contributed by atoms with Gasteiger partial charge in [0.1, 0.15) is 4.90 Å². The van der Waals surface area contributed by atoms with E-state index in [-0.39, 0.29) is 9.92 Å². The molecule has 1 aliphatic rings. The van der Waals surface area contributed by atoms with Gasteiger partial charge in [-0.1, -0.05) is 30.7 Å². The van der Waals surface area contributed by atoms with Crippen molar-refractivity contribution in [2.75, 3.05) is 32.7 Å². The van der Waals surface area contributed by atoms with Gasteiger partial charge in [-0.05, 0) is 24.7 Å². The van der Waals surface area contributed by atoms with Crippen molar-refractivity contribution in [3.63, 3.8) is 0 Å². The number of likely N-dealkylation sites (N-methyl/N-ethyl adjacent to an activating group) is 1. The Morgan fingerprint density at radius 3 is 2.33 bits per heavy atom. The van der Waals surface area contributed by atoms with Crippen LogP contribution in [0.4, 0.5) is 0 Å². The van der Waals surface area contributed by atoms with E-state index in [4.69, 9.17) is 11.6 Å². The lowest BCUT2D eigenvalue weighted by Crippen LogP contribution is -2.45. The standard InChI is InChI=1S/C18H22ClN3O4S/c1-2-20-9-11-21(12-10-20)13-14-7-8-22(18(24)17(14)23)27(25,26)16-6-4-3-5-15(16)19/h3-8,23H,2,9-13H2,1H3. The van der Waals surface area contributed by atoms with Crippen LogP contribution in [0.5, 0.6) is 5.75 Å². The van der Waals surface area contributed by atoms with Crippen molar-refractivity contribution in [1.82, 2.24) is 13.8 Å². The van der Waals surface area contributed by atoms with Gasteiger partial charge in [0.2, 0.25) is 0 Å². The lowest BCUT2D eigenvalue weighted by Gasteiger charge is -2.34. The molecule has 27 heavy (non-hydrogen) atoms. The van der Waals surface area contributed by atoms with Gasteiger partial charge in [0.25, 0.3) is 10.0 Å². The largest absolute Gasteiger partial charge is 0.503 e. The molecule has 1 saturated heterocycles. The Kier molecular flexibility index (Phi) is 5.90.